The molecular weight excluding hydrogens is 357 g/mol. The molecule has 23 heavy (non-hydrogen) atoms. The van der Waals surface area contributed by atoms with Gasteiger partial charge in [0.15, 0.2) is 5.65 Å². The number of hydrogen-bond donors (Lipinski definition) is 2. The number of H-pyrrole nitrogens is 1. The Bertz CT molecular complexity index is 869. The Kier molecular flexibility index (Phi) is 4.70. The van der Waals surface area contributed by atoms with Crippen molar-refractivity contribution in [1.82, 2.24) is 19.9 Å². The summed E-state index contributed by atoms with van der Waals surface area (Å²) in [5, 5.41) is 3.96. The van der Waals surface area contributed by atoms with Gasteiger partial charge < -0.3 is 10.3 Å². The maximum Gasteiger partial charge on any atom is 0.237 e. The van der Waals surface area contributed by atoms with E-state index in [0.29, 0.717) is 31.9 Å². The first-order valence-electron chi connectivity index (χ1n) is 6.61. The molecule has 0 aliphatic rings. The second-order valence-corrected chi connectivity index (χ2v) is 6.83. The van der Waals surface area contributed by atoms with E-state index in [1.54, 1.807) is 31.5 Å². The van der Waals surface area contributed by atoms with E-state index < -0.39 is 0 Å². The Morgan fingerprint density at radius 1 is 1.30 bits per heavy atom. The van der Waals surface area contributed by atoms with Crippen molar-refractivity contribution in [1.29, 1.82) is 0 Å². The lowest BCUT2D eigenvalue weighted by Gasteiger charge is -2.12. The number of imidazole rings is 1. The fourth-order valence-corrected chi connectivity index (χ4v) is 3.21. The maximum atomic E-state index is 12.3. The summed E-state index contributed by atoms with van der Waals surface area (Å²) < 4.78 is 0. The Labute approximate surface area is 146 Å². The van der Waals surface area contributed by atoms with Crippen molar-refractivity contribution in [3.8, 4) is 0 Å². The van der Waals surface area contributed by atoms with Crippen molar-refractivity contribution >= 4 is 57.7 Å². The van der Waals surface area contributed by atoms with Crippen LogP contribution < -0.4 is 5.32 Å². The van der Waals surface area contributed by atoms with Crippen molar-refractivity contribution in [3.63, 3.8) is 0 Å². The van der Waals surface area contributed by atoms with E-state index in [1.807, 2.05) is 0 Å². The minimum absolute atomic E-state index is 0.189. The van der Waals surface area contributed by atoms with E-state index >= 15 is 0 Å². The number of carbonyl (C=O) groups excluding carboxylic acids is 1. The van der Waals surface area contributed by atoms with Crippen molar-refractivity contribution in [2.24, 2.45) is 0 Å². The maximum absolute atomic E-state index is 12.3. The predicted octanol–water partition coefficient (Wildman–Crippen LogP) is 3.78. The molecule has 2 aromatic heterocycles. The second-order valence-electron chi connectivity index (χ2n) is 4.65. The smallest absolute Gasteiger partial charge is 0.237 e. The van der Waals surface area contributed by atoms with Gasteiger partial charge >= 0.3 is 0 Å². The van der Waals surface area contributed by atoms with Gasteiger partial charge in [0, 0.05) is 5.02 Å². The van der Waals surface area contributed by atoms with Crippen molar-refractivity contribution < 1.29 is 4.79 Å². The number of benzene rings is 1. The van der Waals surface area contributed by atoms with Crippen LogP contribution in [0.3, 0.4) is 0 Å². The summed E-state index contributed by atoms with van der Waals surface area (Å²) in [5.41, 5.74) is 1.79. The highest BCUT2D eigenvalue weighted by molar-refractivity contribution is 8.00. The molecule has 0 unspecified atom stereocenters. The molecule has 3 aromatic rings. The fraction of sp³-hybridized carbons (Fsp3) is 0.143. The summed E-state index contributed by atoms with van der Waals surface area (Å²) >= 11 is 13.2. The number of nitrogens with zero attached hydrogens (tertiary/aromatic N) is 3. The van der Waals surface area contributed by atoms with E-state index in [4.69, 9.17) is 23.2 Å². The molecule has 2 N–H and O–H groups in total. The first-order chi connectivity index (χ1) is 11.0. The van der Waals surface area contributed by atoms with Crippen LogP contribution in [0.4, 0.5) is 5.69 Å². The number of anilines is 1. The van der Waals surface area contributed by atoms with Crippen LogP contribution in [0.2, 0.25) is 10.0 Å². The molecule has 9 heteroatoms. The monoisotopic (exact) mass is 367 g/mol. The van der Waals surface area contributed by atoms with Gasteiger partial charge in [-0.25, -0.2) is 15.0 Å². The standard InChI is InChI=1S/C14H11Cl2N5OS/c1-7(13(22)21-10-3-2-8(15)4-9(10)16)23-14-11-12(18-5-17-11)19-6-20-14/h2-7H,1H3,(H,21,22)(H,17,18,19,20)/t7-/m1/s1. The van der Waals surface area contributed by atoms with Gasteiger partial charge in [0.1, 0.15) is 16.9 Å². The van der Waals surface area contributed by atoms with E-state index in [2.05, 4.69) is 25.3 Å². The summed E-state index contributed by atoms with van der Waals surface area (Å²) in [6.45, 7) is 1.79. The third kappa shape index (κ3) is 3.57. The van der Waals surface area contributed by atoms with E-state index in [0.717, 1.165) is 0 Å². The number of rotatable bonds is 4. The van der Waals surface area contributed by atoms with Crippen LogP contribution >= 0.6 is 35.0 Å². The van der Waals surface area contributed by atoms with Crippen LogP contribution in [-0.2, 0) is 4.79 Å². The molecule has 0 fully saturated rings. The van der Waals surface area contributed by atoms with Gasteiger partial charge in [-0.2, -0.15) is 0 Å². The van der Waals surface area contributed by atoms with Crippen LogP contribution in [0.5, 0.6) is 0 Å². The molecule has 0 radical (unpaired) electrons. The fourth-order valence-electron chi connectivity index (χ4n) is 1.88. The van der Waals surface area contributed by atoms with Crippen molar-refractivity contribution in [2.75, 3.05) is 5.32 Å². The lowest BCUT2D eigenvalue weighted by Crippen LogP contribution is -2.22. The predicted molar refractivity (Wildman–Crippen MR) is 92.1 cm³/mol. The number of aromatic nitrogens is 4. The normalized spacial score (nSPS) is 12.3. The zero-order chi connectivity index (χ0) is 16.4. The van der Waals surface area contributed by atoms with Crippen LogP contribution in [0.1, 0.15) is 6.92 Å². The molecule has 1 atom stereocenters. The van der Waals surface area contributed by atoms with Gasteiger partial charge in [0.2, 0.25) is 5.91 Å². The topological polar surface area (TPSA) is 83.6 Å². The van der Waals surface area contributed by atoms with Crippen LogP contribution in [0.15, 0.2) is 35.9 Å². The third-order valence-electron chi connectivity index (χ3n) is 3.03. The molecule has 0 saturated carbocycles. The Morgan fingerprint density at radius 2 is 2.13 bits per heavy atom. The highest BCUT2D eigenvalue weighted by Gasteiger charge is 2.18. The highest BCUT2D eigenvalue weighted by atomic mass is 35.5. The average molecular weight is 368 g/mol. The molecule has 0 aliphatic carbocycles. The summed E-state index contributed by atoms with van der Waals surface area (Å²) in [7, 11) is 0. The zero-order valence-corrected chi connectivity index (χ0v) is 14.2. The number of hydrogen-bond acceptors (Lipinski definition) is 5. The van der Waals surface area contributed by atoms with Crippen LogP contribution in [-0.4, -0.2) is 31.1 Å². The minimum Gasteiger partial charge on any atom is -0.341 e. The van der Waals surface area contributed by atoms with Crippen LogP contribution in [0.25, 0.3) is 11.2 Å². The number of nitrogens with one attached hydrogen (secondary N) is 2. The zero-order valence-electron chi connectivity index (χ0n) is 11.9. The first kappa shape index (κ1) is 16.0. The van der Waals surface area contributed by atoms with Crippen LogP contribution in [0, 0.1) is 0 Å². The number of fused-ring (bicyclic) bond motifs is 1. The molecule has 6 nitrogen and oxygen atoms in total. The van der Waals surface area contributed by atoms with E-state index in [1.165, 1.54) is 18.1 Å². The van der Waals surface area contributed by atoms with Gasteiger partial charge in [-0.05, 0) is 25.1 Å². The van der Waals surface area contributed by atoms with Crippen molar-refractivity contribution in [2.45, 2.75) is 17.2 Å². The van der Waals surface area contributed by atoms with Gasteiger partial charge in [-0.3, -0.25) is 4.79 Å². The quantitative estimate of drug-likeness (QED) is 0.541. The molecule has 3 rings (SSSR count). The summed E-state index contributed by atoms with van der Waals surface area (Å²) in [4.78, 5) is 27.6. The molecule has 118 valence electrons. The van der Waals surface area contributed by atoms with E-state index in [-0.39, 0.29) is 11.2 Å². The number of thioether (sulfide) groups is 1. The number of halogens is 2. The molecule has 0 spiro atoms. The Hall–Kier alpha value is -1.83. The van der Waals surface area contributed by atoms with Crippen molar-refractivity contribution in [3.05, 3.63) is 40.9 Å². The molecule has 0 saturated heterocycles. The average Bonchev–Trinajstić information content (AvgIpc) is 2.99. The van der Waals surface area contributed by atoms with Gasteiger partial charge in [-0.1, -0.05) is 35.0 Å². The van der Waals surface area contributed by atoms with Gasteiger partial charge in [0.25, 0.3) is 0 Å². The molecular formula is C14H11Cl2N5OS. The first-order valence-corrected chi connectivity index (χ1v) is 8.25. The molecule has 0 aliphatic heterocycles. The second kappa shape index (κ2) is 6.74. The molecule has 0 bridgehead atoms. The number of aromatic amines is 1. The highest BCUT2D eigenvalue weighted by Crippen LogP contribution is 2.29. The number of carbonyl (C=O) groups is 1. The SMILES string of the molecule is C[C@@H](Sc1ncnc2nc[nH]c12)C(=O)Nc1ccc(Cl)cc1Cl. The minimum atomic E-state index is -0.386. The summed E-state index contributed by atoms with van der Waals surface area (Å²) in [5.74, 6) is -0.189. The molecule has 2 heterocycles. The van der Waals surface area contributed by atoms with Gasteiger partial charge in [-0.15, -0.1) is 0 Å². The number of amides is 1. The summed E-state index contributed by atoms with van der Waals surface area (Å²) in [6.07, 6.45) is 2.97. The largest absolute Gasteiger partial charge is 0.341 e. The lowest BCUT2D eigenvalue weighted by molar-refractivity contribution is -0.115. The Balaban J connectivity index is 1.74. The molecule has 1 amide bonds. The Morgan fingerprint density at radius 3 is 2.91 bits per heavy atom. The summed E-state index contributed by atoms with van der Waals surface area (Å²) in [6, 6.07) is 4.91. The third-order valence-corrected chi connectivity index (χ3v) is 4.68. The molecule has 1 aromatic carbocycles. The van der Waals surface area contributed by atoms with Gasteiger partial charge in [0.05, 0.1) is 22.3 Å². The van der Waals surface area contributed by atoms with E-state index in [9.17, 15) is 4.79 Å². The lowest BCUT2D eigenvalue weighted by atomic mass is 10.3.